The van der Waals surface area contributed by atoms with Crippen molar-refractivity contribution in [3.8, 4) is 10.4 Å². The lowest BCUT2D eigenvalue weighted by Crippen LogP contribution is -1.76. The predicted molar refractivity (Wildman–Crippen MR) is 79.4 cm³/mol. The fraction of sp³-hybridized carbons (Fsp3) is 0.0769. The molecular weight excluding hydrogens is 252 g/mol. The lowest BCUT2D eigenvalue weighted by atomic mass is 10.1. The average molecular weight is 264 g/mol. The van der Waals surface area contributed by atoms with Gasteiger partial charge in [0.25, 0.3) is 0 Å². The van der Waals surface area contributed by atoms with E-state index in [-0.39, 0.29) is 0 Å². The monoisotopic (exact) mass is 264 g/mol. The van der Waals surface area contributed by atoms with Crippen molar-refractivity contribution in [1.29, 1.82) is 0 Å². The Hall–Kier alpha value is -0.770. The van der Waals surface area contributed by atoms with Gasteiger partial charge in [-0.2, -0.15) is 12.6 Å². The van der Waals surface area contributed by atoms with Crippen LogP contribution >= 0.6 is 35.3 Å². The molecule has 0 radical (unpaired) electrons. The standard InChI is InChI=1S/C13H12S3/c1-10(4-2-7-14)13-11(6-9-16-13)12-5-3-8-15-12/h2-9,14H,1H3/b7-2-,10-4+. The summed E-state index contributed by atoms with van der Waals surface area (Å²) < 4.78 is 0. The Bertz CT molecular complexity index is 501. The first-order valence-electron chi connectivity index (χ1n) is 4.92. The minimum absolute atomic E-state index is 1.28. The van der Waals surface area contributed by atoms with Crippen molar-refractivity contribution in [2.75, 3.05) is 0 Å². The first-order valence-corrected chi connectivity index (χ1v) is 7.20. The Balaban J connectivity index is 2.40. The summed E-state index contributed by atoms with van der Waals surface area (Å²) in [5.41, 5.74) is 2.62. The zero-order valence-electron chi connectivity index (χ0n) is 8.88. The molecule has 0 aliphatic carbocycles. The van der Waals surface area contributed by atoms with Crippen LogP contribution in [-0.2, 0) is 0 Å². The second kappa shape index (κ2) is 5.53. The summed E-state index contributed by atoms with van der Waals surface area (Å²) in [6, 6.07) is 6.44. The molecule has 0 bridgehead atoms. The summed E-state index contributed by atoms with van der Waals surface area (Å²) >= 11 is 7.63. The van der Waals surface area contributed by atoms with Gasteiger partial charge in [-0.05, 0) is 40.8 Å². The highest BCUT2D eigenvalue weighted by molar-refractivity contribution is 7.83. The third-order valence-corrected chi connectivity index (χ3v) is 4.37. The van der Waals surface area contributed by atoms with E-state index in [0.29, 0.717) is 0 Å². The summed E-state index contributed by atoms with van der Waals surface area (Å²) in [4.78, 5) is 2.67. The first kappa shape index (κ1) is 11.7. The molecule has 0 aliphatic rings. The molecule has 0 saturated carbocycles. The summed E-state index contributed by atoms with van der Waals surface area (Å²) in [6.45, 7) is 2.14. The molecule has 0 fully saturated rings. The summed E-state index contributed by atoms with van der Waals surface area (Å²) in [7, 11) is 0. The Labute approximate surface area is 109 Å². The van der Waals surface area contributed by atoms with Crippen LogP contribution in [0.25, 0.3) is 16.0 Å². The molecule has 2 heterocycles. The van der Waals surface area contributed by atoms with Crippen molar-refractivity contribution < 1.29 is 0 Å². The van der Waals surface area contributed by atoms with Crippen LogP contribution in [-0.4, -0.2) is 0 Å². The smallest absolute Gasteiger partial charge is 0.0386 e. The maximum absolute atomic E-state index is 4.06. The zero-order chi connectivity index (χ0) is 11.4. The van der Waals surface area contributed by atoms with Crippen LogP contribution in [0.4, 0.5) is 0 Å². The SMILES string of the molecule is C/C(=C\C=C/S)c1sccc1-c1cccs1. The Morgan fingerprint density at radius 1 is 1.25 bits per heavy atom. The van der Waals surface area contributed by atoms with Crippen molar-refractivity contribution in [3.63, 3.8) is 0 Å². The molecule has 0 amide bonds. The van der Waals surface area contributed by atoms with E-state index in [1.165, 1.54) is 20.9 Å². The maximum atomic E-state index is 4.06. The summed E-state index contributed by atoms with van der Waals surface area (Å²) in [6.07, 6.45) is 4.05. The number of thiol groups is 1. The van der Waals surface area contributed by atoms with Gasteiger partial charge in [0.15, 0.2) is 0 Å². The number of rotatable bonds is 3. The zero-order valence-corrected chi connectivity index (χ0v) is 11.4. The molecular formula is C13H12S3. The third-order valence-electron chi connectivity index (χ3n) is 2.24. The minimum atomic E-state index is 1.28. The molecule has 16 heavy (non-hydrogen) atoms. The van der Waals surface area contributed by atoms with Gasteiger partial charge in [0.2, 0.25) is 0 Å². The first-order chi connectivity index (χ1) is 7.83. The van der Waals surface area contributed by atoms with Gasteiger partial charge in [0.05, 0.1) is 0 Å². The molecule has 0 aliphatic heterocycles. The van der Waals surface area contributed by atoms with E-state index in [2.05, 4.69) is 54.6 Å². The van der Waals surface area contributed by atoms with Gasteiger partial charge in [-0.1, -0.05) is 18.2 Å². The normalized spacial score (nSPS) is 12.5. The van der Waals surface area contributed by atoms with Gasteiger partial charge in [-0.25, -0.2) is 0 Å². The lowest BCUT2D eigenvalue weighted by Gasteiger charge is -2.00. The topological polar surface area (TPSA) is 0 Å². The number of hydrogen-bond donors (Lipinski definition) is 1. The summed E-state index contributed by atoms with van der Waals surface area (Å²) in [5.74, 6) is 0. The Morgan fingerprint density at radius 2 is 2.12 bits per heavy atom. The van der Waals surface area contributed by atoms with Gasteiger partial charge in [0.1, 0.15) is 0 Å². The molecule has 2 aromatic heterocycles. The molecule has 0 nitrogen and oxygen atoms in total. The fourth-order valence-corrected chi connectivity index (χ4v) is 3.31. The Kier molecular flexibility index (Phi) is 4.04. The highest BCUT2D eigenvalue weighted by atomic mass is 32.1. The second-order valence-electron chi connectivity index (χ2n) is 3.33. The number of hydrogen-bond acceptors (Lipinski definition) is 3. The van der Waals surface area contributed by atoms with E-state index in [1.54, 1.807) is 28.1 Å². The largest absolute Gasteiger partial charge is 0.151 e. The molecule has 2 aromatic rings. The number of thiophene rings is 2. The second-order valence-corrected chi connectivity index (χ2v) is 5.49. The van der Waals surface area contributed by atoms with Gasteiger partial charge in [-0.15, -0.1) is 22.7 Å². The van der Waals surface area contributed by atoms with Gasteiger partial charge >= 0.3 is 0 Å². The third kappa shape index (κ3) is 2.48. The van der Waals surface area contributed by atoms with Crippen molar-refractivity contribution in [2.45, 2.75) is 6.92 Å². The predicted octanol–water partition coefficient (Wildman–Crippen LogP) is 5.32. The van der Waals surface area contributed by atoms with E-state index in [0.717, 1.165) is 0 Å². The molecule has 0 N–H and O–H groups in total. The van der Waals surface area contributed by atoms with Crippen LogP contribution in [0.15, 0.2) is 46.5 Å². The lowest BCUT2D eigenvalue weighted by molar-refractivity contribution is 1.70. The van der Waals surface area contributed by atoms with Crippen molar-refractivity contribution in [1.82, 2.24) is 0 Å². The Morgan fingerprint density at radius 3 is 2.81 bits per heavy atom. The summed E-state index contributed by atoms with van der Waals surface area (Å²) in [5, 5.41) is 6.01. The van der Waals surface area contributed by atoms with Crippen LogP contribution in [0, 0.1) is 0 Å². The van der Waals surface area contributed by atoms with Crippen LogP contribution < -0.4 is 0 Å². The quantitative estimate of drug-likeness (QED) is 0.562. The molecule has 3 heteroatoms. The van der Waals surface area contributed by atoms with Crippen LogP contribution in [0.2, 0.25) is 0 Å². The molecule has 0 aromatic carbocycles. The van der Waals surface area contributed by atoms with E-state index in [4.69, 9.17) is 0 Å². The maximum Gasteiger partial charge on any atom is 0.0386 e. The minimum Gasteiger partial charge on any atom is -0.151 e. The molecule has 0 unspecified atom stereocenters. The van der Waals surface area contributed by atoms with Gasteiger partial charge in [-0.3, -0.25) is 0 Å². The fourth-order valence-electron chi connectivity index (χ4n) is 1.50. The van der Waals surface area contributed by atoms with E-state index in [1.807, 2.05) is 6.08 Å². The molecule has 0 atom stereocenters. The van der Waals surface area contributed by atoms with Crippen LogP contribution in [0.5, 0.6) is 0 Å². The highest BCUT2D eigenvalue weighted by Crippen LogP contribution is 2.35. The van der Waals surface area contributed by atoms with Crippen LogP contribution in [0.3, 0.4) is 0 Å². The molecule has 0 spiro atoms. The average Bonchev–Trinajstić information content (AvgIpc) is 2.94. The van der Waals surface area contributed by atoms with Crippen LogP contribution in [0.1, 0.15) is 11.8 Å². The highest BCUT2D eigenvalue weighted by Gasteiger charge is 2.08. The van der Waals surface area contributed by atoms with Crippen molar-refractivity contribution >= 4 is 40.9 Å². The van der Waals surface area contributed by atoms with E-state index >= 15 is 0 Å². The van der Waals surface area contributed by atoms with Gasteiger partial charge in [0, 0.05) is 15.3 Å². The molecule has 2 rings (SSSR count). The van der Waals surface area contributed by atoms with Gasteiger partial charge < -0.3 is 0 Å². The van der Waals surface area contributed by atoms with E-state index < -0.39 is 0 Å². The number of allylic oxidation sites excluding steroid dienone is 3. The van der Waals surface area contributed by atoms with Crippen molar-refractivity contribution in [2.24, 2.45) is 0 Å². The van der Waals surface area contributed by atoms with E-state index in [9.17, 15) is 0 Å². The molecule has 0 saturated heterocycles. The molecule has 82 valence electrons. The van der Waals surface area contributed by atoms with Crippen molar-refractivity contribution in [3.05, 3.63) is 51.4 Å².